The van der Waals surface area contributed by atoms with E-state index in [0.29, 0.717) is 17.8 Å². The molecule has 0 bridgehead atoms. The molecule has 0 unspecified atom stereocenters. The minimum atomic E-state index is -0.128. The van der Waals surface area contributed by atoms with Gasteiger partial charge in [0.05, 0.1) is 16.8 Å². The molecule has 4 rings (SSSR count). The number of benzene rings is 2. The standard InChI is InChI=1S/C22H17ClN2O3/c1-14-21(16-6-8-17(26)9-7-16)24-11-3-2-4-20(24)25(22(14)28)13-15-5-10-19(27)18(23)12-15/h2-12H,13H2,1H3,(H-,26,27,28). The molecular formula is C22H17ClN2O3. The normalized spacial score (nSPS) is 11.1. The van der Waals surface area contributed by atoms with Crippen LogP contribution in [-0.2, 0) is 6.54 Å². The summed E-state index contributed by atoms with van der Waals surface area (Å²) in [4.78, 5) is 13.2. The van der Waals surface area contributed by atoms with Gasteiger partial charge in [0.1, 0.15) is 12.3 Å². The van der Waals surface area contributed by atoms with E-state index < -0.39 is 0 Å². The van der Waals surface area contributed by atoms with E-state index in [1.807, 2.05) is 28.8 Å². The minimum absolute atomic E-state index is 0.00495. The Bertz CT molecular complexity index is 1250. The Labute approximate surface area is 166 Å². The van der Waals surface area contributed by atoms with Crippen LogP contribution in [-0.4, -0.2) is 9.67 Å². The smallest absolute Gasteiger partial charge is 0.341 e. The van der Waals surface area contributed by atoms with Gasteiger partial charge >= 0.3 is 5.56 Å². The Morgan fingerprint density at radius 3 is 2.57 bits per heavy atom. The van der Waals surface area contributed by atoms with E-state index in [0.717, 1.165) is 16.8 Å². The Hall–Kier alpha value is -3.31. The van der Waals surface area contributed by atoms with Crippen LogP contribution in [0.1, 0.15) is 11.1 Å². The van der Waals surface area contributed by atoms with Gasteiger partial charge in [0.25, 0.3) is 5.65 Å². The average molecular weight is 393 g/mol. The van der Waals surface area contributed by atoms with Crippen LogP contribution in [0, 0.1) is 6.92 Å². The summed E-state index contributed by atoms with van der Waals surface area (Å²) in [5, 5.41) is 21.4. The number of phenolic OH excluding ortho intramolecular Hbond substituents is 1. The first-order valence-corrected chi connectivity index (χ1v) is 9.12. The summed E-state index contributed by atoms with van der Waals surface area (Å²) >= 11 is 6.02. The largest absolute Gasteiger partial charge is 0.872 e. The van der Waals surface area contributed by atoms with E-state index in [1.165, 1.54) is 18.2 Å². The van der Waals surface area contributed by atoms with Crippen LogP contribution in [0.5, 0.6) is 11.5 Å². The maximum absolute atomic E-state index is 13.2. The van der Waals surface area contributed by atoms with Crippen molar-refractivity contribution in [1.82, 2.24) is 4.57 Å². The second-order valence-electron chi connectivity index (χ2n) is 6.60. The first-order chi connectivity index (χ1) is 13.5. The molecule has 5 nitrogen and oxygen atoms in total. The number of hydrogen-bond acceptors (Lipinski definition) is 3. The third-order valence-corrected chi connectivity index (χ3v) is 5.06. The number of halogens is 1. The van der Waals surface area contributed by atoms with Crippen LogP contribution in [0.4, 0.5) is 0 Å². The molecule has 2 heterocycles. The highest BCUT2D eigenvalue weighted by Gasteiger charge is 2.22. The lowest BCUT2D eigenvalue weighted by Crippen LogP contribution is -2.38. The summed E-state index contributed by atoms with van der Waals surface area (Å²) in [5.74, 6) is -0.0707. The average Bonchev–Trinajstić information content (AvgIpc) is 2.69. The molecule has 6 heteroatoms. The van der Waals surface area contributed by atoms with Crippen molar-refractivity contribution >= 4 is 17.2 Å². The molecule has 2 aromatic heterocycles. The van der Waals surface area contributed by atoms with Crippen LogP contribution < -0.4 is 15.1 Å². The monoisotopic (exact) mass is 392 g/mol. The van der Waals surface area contributed by atoms with E-state index in [9.17, 15) is 15.0 Å². The van der Waals surface area contributed by atoms with E-state index in [2.05, 4.69) is 0 Å². The molecule has 140 valence electrons. The summed E-state index contributed by atoms with van der Waals surface area (Å²) in [6.45, 7) is 2.09. The van der Waals surface area contributed by atoms with Gasteiger partial charge in [0.2, 0.25) is 0 Å². The van der Waals surface area contributed by atoms with Crippen molar-refractivity contribution in [3.8, 4) is 22.8 Å². The third-order valence-electron chi connectivity index (χ3n) is 4.76. The van der Waals surface area contributed by atoms with Gasteiger partial charge in [0, 0.05) is 11.6 Å². The fourth-order valence-electron chi connectivity index (χ4n) is 3.38. The first-order valence-electron chi connectivity index (χ1n) is 8.74. The summed E-state index contributed by atoms with van der Waals surface area (Å²) in [5.41, 5.74) is 3.52. The topological polar surface area (TPSA) is 69.4 Å². The fourth-order valence-corrected chi connectivity index (χ4v) is 3.59. The second-order valence-corrected chi connectivity index (χ2v) is 7.01. The van der Waals surface area contributed by atoms with E-state index in [4.69, 9.17) is 11.6 Å². The van der Waals surface area contributed by atoms with E-state index >= 15 is 0 Å². The number of aromatic hydroxyl groups is 1. The van der Waals surface area contributed by atoms with Crippen LogP contribution in [0.3, 0.4) is 0 Å². The molecule has 0 aliphatic heterocycles. The van der Waals surface area contributed by atoms with Crippen molar-refractivity contribution in [1.29, 1.82) is 0 Å². The van der Waals surface area contributed by atoms with Crippen LogP contribution in [0.2, 0.25) is 5.02 Å². The number of nitrogens with zero attached hydrogens (tertiary/aromatic N) is 2. The highest BCUT2D eigenvalue weighted by atomic mass is 35.5. The highest BCUT2D eigenvalue weighted by Crippen LogP contribution is 2.25. The zero-order valence-corrected chi connectivity index (χ0v) is 15.8. The molecule has 0 atom stereocenters. The van der Waals surface area contributed by atoms with Gasteiger partial charge in [-0.3, -0.25) is 0 Å². The summed E-state index contributed by atoms with van der Waals surface area (Å²) in [7, 11) is 0. The Morgan fingerprint density at radius 2 is 1.86 bits per heavy atom. The van der Waals surface area contributed by atoms with Crippen molar-refractivity contribution < 1.29 is 14.6 Å². The molecule has 0 aliphatic carbocycles. The second kappa shape index (κ2) is 7.02. The van der Waals surface area contributed by atoms with Gasteiger partial charge in [-0.15, -0.1) is 5.75 Å². The van der Waals surface area contributed by atoms with Gasteiger partial charge in [-0.2, -0.15) is 8.97 Å². The number of rotatable bonds is 3. The van der Waals surface area contributed by atoms with Crippen LogP contribution >= 0.6 is 11.6 Å². The van der Waals surface area contributed by atoms with E-state index in [1.54, 1.807) is 35.8 Å². The predicted molar refractivity (Wildman–Crippen MR) is 106 cm³/mol. The molecule has 0 saturated heterocycles. The lowest BCUT2D eigenvalue weighted by molar-refractivity contribution is -0.504. The Balaban J connectivity index is 1.95. The van der Waals surface area contributed by atoms with Gasteiger partial charge in [-0.05, 0) is 30.7 Å². The highest BCUT2D eigenvalue weighted by molar-refractivity contribution is 6.32. The molecule has 0 spiro atoms. The molecule has 0 radical (unpaired) electrons. The maximum Gasteiger partial charge on any atom is 0.341 e. The number of aromatic nitrogens is 2. The van der Waals surface area contributed by atoms with Crippen LogP contribution in [0.15, 0.2) is 71.7 Å². The zero-order chi connectivity index (χ0) is 19.8. The first kappa shape index (κ1) is 18.1. The Kier molecular flexibility index (Phi) is 4.53. The molecule has 0 fully saturated rings. The molecule has 0 saturated carbocycles. The van der Waals surface area contributed by atoms with Crippen molar-refractivity contribution in [2.24, 2.45) is 0 Å². The van der Waals surface area contributed by atoms with Crippen LogP contribution in [0.25, 0.3) is 16.9 Å². The van der Waals surface area contributed by atoms with Crippen molar-refractivity contribution in [3.05, 3.63) is 93.4 Å². The van der Waals surface area contributed by atoms with Gasteiger partial charge < -0.3 is 10.2 Å². The van der Waals surface area contributed by atoms with Gasteiger partial charge in [0.15, 0.2) is 5.69 Å². The molecule has 4 aromatic rings. The summed E-state index contributed by atoms with van der Waals surface area (Å²) in [6, 6.07) is 17.0. The molecule has 0 amide bonds. The molecule has 28 heavy (non-hydrogen) atoms. The lowest BCUT2D eigenvalue weighted by Gasteiger charge is -2.12. The zero-order valence-electron chi connectivity index (χ0n) is 15.1. The van der Waals surface area contributed by atoms with E-state index in [-0.39, 0.29) is 22.1 Å². The fraction of sp³-hybridized carbons (Fsp3) is 0.0909. The number of pyridine rings is 1. The number of phenols is 1. The molecule has 2 aromatic carbocycles. The lowest BCUT2D eigenvalue weighted by atomic mass is 10.1. The maximum atomic E-state index is 13.2. The predicted octanol–water partition coefficient (Wildman–Crippen LogP) is 3.04. The van der Waals surface area contributed by atoms with Gasteiger partial charge in [-0.25, -0.2) is 4.79 Å². The van der Waals surface area contributed by atoms with Crippen molar-refractivity contribution in [3.63, 3.8) is 0 Å². The molecule has 1 N–H and O–H groups in total. The van der Waals surface area contributed by atoms with Crippen molar-refractivity contribution in [2.45, 2.75) is 13.5 Å². The Morgan fingerprint density at radius 1 is 1.11 bits per heavy atom. The molecule has 0 aliphatic rings. The number of fused-ring (bicyclic) bond motifs is 1. The third kappa shape index (κ3) is 3.10. The molecular weight excluding hydrogens is 376 g/mol. The summed E-state index contributed by atoms with van der Waals surface area (Å²) in [6.07, 6.45) is 1.89. The van der Waals surface area contributed by atoms with Crippen molar-refractivity contribution in [2.75, 3.05) is 0 Å². The SMILES string of the molecule is Cc1c(-c2ccc([O-])cc2)[n+]2ccccc2n(Cc2ccc(O)c(Cl)c2)c1=O. The summed E-state index contributed by atoms with van der Waals surface area (Å²) < 4.78 is 3.61. The number of hydrogen-bond donors (Lipinski definition) is 1. The minimum Gasteiger partial charge on any atom is -0.872 e. The quantitative estimate of drug-likeness (QED) is 0.545. The van der Waals surface area contributed by atoms with Gasteiger partial charge in [-0.1, -0.05) is 48.0 Å².